The summed E-state index contributed by atoms with van der Waals surface area (Å²) in [6, 6.07) is 0. The lowest BCUT2D eigenvalue weighted by molar-refractivity contribution is -0.143. The number of nitrogens with zero attached hydrogens (tertiary/aromatic N) is 6. The molecule has 1 saturated heterocycles. The van der Waals surface area contributed by atoms with Crippen molar-refractivity contribution in [3.05, 3.63) is 23.7 Å². The Bertz CT molecular complexity index is 729. The van der Waals surface area contributed by atoms with Crippen LogP contribution in [0.15, 0.2) is 10.7 Å². The third-order valence-electron chi connectivity index (χ3n) is 4.06. The molecule has 1 aliphatic heterocycles. The molecule has 11 heteroatoms. The zero-order valence-electron chi connectivity index (χ0n) is 13.8. The smallest absolute Gasteiger partial charge is 0.309 e. The number of carbonyl (C=O) groups is 2. The van der Waals surface area contributed by atoms with Crippen LogP contribution in [0, 0.1) is 12.8 Å². The molecule has 0 bridgehead atoms. The molecule has 0 aliphatic carbocycles. The van der Waals surface area contributed by atoms with Gasteiger partial charge in [0.15, 0.2) is 11.7 Å². The number of hydrogen-bond acceptors (Lipinski definition) is 8. The van der Waals surface area contributed by atoms with Crippen molar-refractivity contribution in [1.82, 2.24) is 35.4 Å². The van der Waals surface area contributed by atoms with Crippen molar-refractivity contribution in [3.63, 3.8) is 0 Å². The van der Waals surface area contributed by atoms with Crippen LogP contribution in [0.1, 0.15) is 17.4 Å². The Morgan fingerprint density at radius 3 is 2.88 bits per heavy atom. The average molecular weight is 349 g/mol. The number of aryl methyl sites for hydroxylation is 1. The minimum absolute atomic E-state index is 0.00861. The highest BCUT2D eigenvalue weighted by Crippen LogP contribution is 2.14. The summed E-state index contributed by atoms with van der Waals surface area (Å²) in [6.45, 7) is 3.71. The van der Waals surface area contributed by atoms with Gasteiger partial charge >= 0.3 is 5.97 Å². The van der Waals surface area contributed by atoms with E-state index in [1.165, 1.54) is 0 Å². The molecule has 134 valence electrons. The summed E-state index contributed by atoms with van der Waals surface area (Å²) < 4.78 is 5.19. The van der Waals surface area contributed by atoms with Crippen LogP contribution in [0.25, 0.3) is 0 Å². The van der Waals surface area contributed by atoms with Crippen LogP contribution in [-0.4, -0.2) is 78.6 Å². The van der Waals surface area contributed by atoms with E-state index in [9.17, 15) is 14.7 Å². The minimum Gasteiger partial charge on any atom is -0.481 e. The first-order valence-corrected chi connectivity index (χ1v) is 7.87. The van der Waals surface area contributed by atoms with Crippen LogP contribution in [0.5, 0.6) is 0 Å². The number of aromatic nitrogens is 5. The molecule has 1 atom stereocenters. The number of hydrogen-bond donors (Lipinski definition) is 2. The molecule has 0 aromatic carbocycles. The van der Waals surface area contributed by atoms with Crippen molar-refractivity contribution >= 4 is 11.9 Å². The van der Waals surface area contributed by atoms with Gasteiger partial charge in [-0.1, -0.05) is 5.21 Å². The maximum absolute atomic E-state index is 12.4. The van der Waals surface area contributed by atoms with Crippen molar-refractivity contribution in [2.45, 2.75) is 19.9 Å². The molecule has 0 saturated carbocycles. The average Bonchev–Trinajstić information content (AvgIpc) is 3.15. The van der Waals surface area contributed by atoms with Gasteiger partial charge in [0.2, 0.25) is 5.91 Å². The van der Waals surface area contributed by atoms with Gasteiger partial charge in [-0.05, 0) is 0 Å². The molecule has 3 heterocycles. The van der Waals surface area contributed by atoms with Crippen LogP contribution in [0.3, 0.4) is 0 Å². The van der Waals surface area contributed by atoms with E-state index < -0.39 is 11.9 Å². The van der Waals surface area contributed by atoms with E-state index in [-0.39, 0.29) is 24.7 Å². The van der Waals surface area contributed by atoms with Gasteiger partial charge in [-0.2, -0.15) is 5.21 Å². The minimum atomic E-state index is -0.930. The lowest BCUT2D eigenvalue weighted by atomic mass is 10.1. The number of carbonyl (C=O) groups excluding carboxylic acids is 1. The predicted octanol–water partition coefficient (Wildman–Crippen LogP) is -0.916. The molecule has 0 unspecified atom stereocenters. The first-order chi connectivity index (χ1) is 12.0. The summed E-state index contributed by atoms with van der Waals surface area (Å²) in [5, 5.41) is 22.7. The van der Waals surface area contributed by atoms with E-state index in [2.05, 4.69) is 25.6 Å². The molecule has 0 radical (unpaired) electrons. The molecule has 3 rings (SSSR count). The SMILES string of the molecule is Cc1nc(CN2CCN(C(=O)Cc3nn[nH]n3)C[C@H](C(=O)O)C2)co1. The zero-order chi connectivity index (χ0) is 17.8. The summed E-state index contributed by atoms with van der Waals surface area (Å²) in [5.74, 6) is -0.968. The number of oxazole rings is 1. The number of carboxylic acids is 1. The van der Waals surface area contributed by atoms with E-state index in [1.54, 1.807) is 18.1 Å². The summed E-state index contributed by atoms with van der Waals surface area (Å²) >= 11 is 0. The number of amides is 1. The second-order valence-electron chi connectivity index (χ2n) is 5.97. The lowest BCUT2D eigenvalue weighted by Gasteiger charge is -2.21. The van der Waals surface area contributed by atoms with E-state index in [4.69, 9.17) is 4.42 Å². The Morgan fingerprint density at radius 1 is 1.40 bits per heavy atom. The molecule has 1 fully saturated rings. The first-order valence-electron chi connectivity index (χ1n) is 7.87. The fourth-order valence-electron chi connectivity index (χ4n) is 2.82. The highest BCUT2D eigenvalue weighted by molar-refractivity contribution is 5.79. The fourth-order valence-corrected chi connectivity index (χ4v) is 2.82. The maximum atomic E-state index is 12.4. The Balaban J connectivity index is 1.66. The van der Waals surface area contributed by atoms with Crippen molar-refractivity contribution < 1.29 is 19.1 Å². The van der Waals surface area contributed by atoms with E-state index in [0.29, 0.717) is 32.1 Å². The molecule has 25 heavy (non-hydrogen) atoms. The molecule has 1 aliphatic rings. The molecule has 2 N–H and O–H groups in total. The number of nitrogens with one attached hydrogen (secondary N) is 1. The summed E-state index contributed by atoms with van der Waals surface area (Å²) in [4.78, 5) is 31.7. The monoisotopic (exact) mass is 349 g/mol. The second kappa shape index (κ2) is 7.38. The van der Waals surface area contributed by atoms with Crippen LogP contribution in [-0.2, 0) is 22.6 Å². The Kier molecular flexibility index (Phi) is 5.03. The van der Waals surface area contributed by atoms with Crippen molar-refractivity contribution in [2.24, 2.45) is 5.92 Å². The molecule has 2 aromatic heterocycles. The van der Waals surface area contributed by atoms with Gasteiger partial charge in [-0.15, -0.1) is 10.2 Å². The summed E-state index contributed by atoms with van der Waals surface area (Å²) in [6.07, 6.45) is 1.56. The molecule has 11 nitrogen and oxygen atoms in total. The van der Waals surface area contributed by atoms with Crippen molar-refractivity contribution in [1.29, 1.82) is 0 Å². The standard InChI is InChI=1S/C14H19N7O4/c1-9-15-11(8-25-9)7-20-2-3-21(6-10(5-20)14(23)24)13(22)4-12-16-18-19-17-12/h8,10H,2-7H2,1H3,(H,23,24)(H,16,17,18,19)/t10-/m1/s1. The van der Waals surface area contributed by atoms with Gasteiger partial charge in [-0.25, -0.2) is 4.98 Å². The predicted molar refractivity (Wildman–Crippen MR) is 82.1 cm³/mol. The van der Waals surface area contributed by atoms with Crippen molar-refractivity contribution in [3.8, 4) is 0 Å². The Morgan fingerprint density at radius 2 is 2.24 bits per heavy atom. The molecule has 1 amide bonds. The van der Waals surface area contributed by atoms with Gasteiger partial charge in [0.25, 0.3) is 0 Å². The van der Waals surface area contributed by atoms with Gasteiger partial charge in [-0.3, -0.25) is 14.5 Å². The highest BCUT2D eigenvalue weighted by atomic mass is 16.4. The van der Waals surface area contributed by atoms with Crippen LogP contribution < -0.4 is 0 Å². The topological polar surface area (TPSA) is 141 Å². The van der Waals surface area contributed by atoms with E-state index in [0.717, 1.165) is 5.69 Å². The van der Waals surface area contributed by atoms with Crippen LogP contribution in [0.4, 0.5) is 0 Å². The number of aromatic amines is 1. The number of tetrazole rings is 1. The molecular weight excluding hydrogens is 330 g/mol. The maximum Gasteiger partial charge on any atom is 0.309 e. The van der Waals surface area contributed by atoms with Crippen LogP contribution >= 0.6 is 0 Å². The third-order valence-corrected chi connectivity index (χ3v) is 4.06. The van der Waals surface area contributed by atoms with Crippen LogP contribution in [0.2, 0.25) is 0 Å². The van der Waals surface area contributed by atoms with Crippen molar-refractivity contribution in [2.75, 3.05) is 26.2 Å². The van der Waals surface area contributed by atoms with Gasteiger partial charge in [0, 0.05) is 39.6 Å². The first kappa shape index (κ1) is 17.0. The molecular formula is C14H19N7O4. The Labute approximate surface area is 143 Å². The number of carboxylic acid groups (broad SMARTS) is 1. The normalized spacial score (nSPS) is 18.9. The van der Waals surface area contributed by atoms with E-state index >= 15 is 0 Å². The van der Waals surface area contributed by atoms with E-state index in [1.807, 2.05) is 4.90 Å². The number of rotatable bonds is 5. The summed E-state index contributed by atoms with van der Waals surface area (Å²) in [5.41, 5.74) is 0.744. The lowest BCUT2D eigenvalue weighted by Crippen LogP contribution is -2.39. The summed E-state index contributed by atoms with van der Waals surface area (Å²) in [7, 11) is 0. The Hall–Kier alpha value is -2.82. The number of H-pyrrole nitrogens is 1. The third kappa shape index (κ3) is 4.38. The van der Waals surface area contributed by atoms with Gasteiger partial charge in [0.1, 0.15) is 6.26 Å². The number of aliphatic carboxylic acids is 1. The zero-order valence-corrected chi connectivity index (χ0v) is 13.8. The van der Waals surface area contributed by atoms with Gasteiger partial charge in [0.05, 0.1) is 18.0 Å². The second-order valence-corrected chi connectivity index (χ2v) is 5.97. The molecule has 2 aromatic rings. The fraction of sp³-hybridized carbons (Fsp3) is 0.571. The van der Waals surface area contributed by atoms with Gasteiger partial charge < -0.3 is 14.4 Å². The largest absolute Gasteiger partial charge is 0.481 e. The molecule has 0 spiro atoms. The quantitative estimate of drug-likeness (QED) is 0.701. The highest BCUT2D eigenvalue weighted by Gasteiger charge is 2.30.